The van der Waals surface area contributed by atoms with Crippen LogP contribution >= 0.6 is 0 Å². The molecular formula is C15H23N3O3. The van der Waals surface area contributed by atoms with Crippen molar-refractivity contribution in [1.82, 2.24) is 10.6 Å². The van der Waals surface area contributed by atoms with E-state index in [1.54, 1.807) is 19.2 Å². The highest BCUT2D eigenvalue weighted by Crippen LogP contribution is 2.05. The lowest BCUT2D eigenvalue weighted by molar-refractivity contribution is 0.0600. The molecule has 6 nitrogen and oxygen atoms in total. The summed E-state index contributed by atoms with van der Waals surface area (Å²) in [5.74, 6) is 0.384. The first-order valence-electron chi connectivity index (χ1n) is 6.90. The van der Waals surface area contributed by atoms with Crippen LogP contribution in [0.5, 0.6) is 0 Å². The van der Waals surface area contributed by atoms with Gasteiger partial charge in [0.05, 0.1) is 19.3 Å². The number of hydrogen-bond acceptors (Lipinski definition) is 4. The summed E-state index contributed by atoms with van der Waals surface area (Å²) in [5.41, 5.74) is 1.59. The fraction of sp³-hybridized carbons (Fsp3) is 0.467. The predicted octanol–water partition coefficient (Wildman–Crippen LogP) is 1.17. The van der Waals surface area contributed by atoms with Gasteiger partial charge in [-0.3, -0.25) is 4.99 Å². The Morgan fingerprint density at radius 2 is 1.95 bits per heavy atom. The molecule has 21 heavy (non-hydrogen) atoms. The van der Waals surface area contributed by atoms with E-state index in [2.05, 4.69) is 20.4 Å². The van der Waals surface area contributed by atoms with Gasteiger partial charge in [0, 0.05) is 26.7 Å². The summed E-state index contributed by atoms with van der Waals surface area (Å²) in [6, 6.07) is 7.25. The molecule has 0 aliphatic heterocycles. The van der Waals surface area contributed by atoms with Gasteiger partial charge in [-0.15, -0.1) is 0 Å². The van der Waals surface area contributed by atoms with Crippen LogP contribution in [0, 0.1) is 0 Å². The third-order valence-electron chi connectivity index (χ3n) is 2.80. The third-order valence-corrected chi connectivity index (χ3v) is 2.80. The molecule has 1 aromatic rings. The minimum atomic E-state index is -0.331. The zero-order valence-corrected chi connectivity index (χ0v) is 12.8. The van der Waals surface area contributed by atoms with Crippen molar-refractivity contribution >= 4 is 11.9 Å². The minimum absolute atomic E-state index is 0.331. The van der Waals surface area contributed by atoms with Gasteiger partial charge in [0.2, 0.25) is 0 Å². The number of methoxy groups -OCH3 is 1. The van der Waals surface area contributed by atoms with Crippen molar-refractivity contribution in [2.45, 2.75) is 13.5 Å². The Balaban J connectivity index is 2.40. The van der Waals surface area contributed by atoms with Crippen molar-refractivity contribution in [3.63, 3.8) is 0 Å². The van der Waals surface area contributed by atoms with Gasteiger partial charge in [-0.2, -0.15) is 0 Å². The van der Waals surface area contributed by atoms with E-state index >= 15 is 0 Å². The number of benzene rings is 1. The van der Waals surface area contributed by atoms with Crippen LogP contribution in [0.3, 0.4) is 0 Å². The summed E-state index contributed by atoms with van der Waals surface area (Å²) in [7, 11) is 3.09. The van der Waals surface area contributed by atoms with Crippen LogP contribution in [-0.4, -0.2) is 45.8 Å². The summed E-state index contributed by atoms with van der Waals surface area (Å²) < 4.78 is 9.91. The molecule has 0 fully saturated rings. The normalized spacial score (nSPS) is 11.1. The molecule has 0 heterocycles. The molecule has 1 aromatic carbocycles. The van der Waals surface area contributed by atoms with Gasteiger partial charge in [0.25, 0.3) is 0 Å². The van der Waals surface area contributed by atoms with Crippen molar-refractivity contribution in [3.8, 4) is 0 Å². The lowest BCUT2D eigenvalue weighted by Gasteiger charge is -2.12. The second kappa shape index (κ2) is 9.77. The Morgan fingerprint density at radius 1 is 1.24 bits per heavy atom. The molecule has 2 N–H and O–H groups in total. The molecule has 0 unspecified atom stereocenters. The lowest BCUT2D eigenvalue weighted by atomic mass is 10.1. The maximum Gasteiger partial charge on any atom is 0.337 e. The van der Waals surface area contributed by atoms with Gasteiger partial charge in [0.15, 0.2) is 5.96 Å². The topological polar surface area (TPSA) is 72.0 Å². The molecule has 0 aliphatic carbocycles. The Hall–Kier alpha value is -2.08. The van der Waals surface area contributed by atoms with E-state index in [9.17, 15) is 4.79 Å². The van der Waals surface area contributed by atoms with Crippen LogP contribution in [0.4, 0.5) is 0 Å². The second-order valence-corrected chi connectivity index (χ2v) is 4.24. The molecule has 0 saturated heterocycles. The van der Waals surface area contributed by atoms with Gasteiger partial charge >= 0.3 is 5.97 Å². The first kappa shape index (κ1) is 17.0. The highest BCUT2D eigenvalue weighted by Gasteiger charge is 2.04. The van der Waals surface area contributed by atoms with E-state index in [0.29, 0.717) is 37.8 Å². The van der Waals surface area contributed by atoms with Crippen LogP contribution in [0.1, 0.15) is 22.8 Å². The summed E-state index contributed by atoms with van der Waals surface area (Å²) in [4.78, 5) is 15.5. The van der Waals surface area contributed by atoms with Gasteiger partial charge in [-0.1, -0.05) is 12.1 Å². The number of esters is 1. The number of carbonyl (C=O) groups excluding carboxylic acids is 1. The highest BCUT2D eigenvalue weighted by molar-refractivity contribution is 5.89. The van der Waals surface area contributed by atoms with Crippen LogP contribution in [-0.2, 0) is 16.0 Å². The van der Waals surface area contributed by atoms with Gasteiger partial charge in [0.1, 0.15) is 0 Å². The molecule has 0 aromatic heterocycles. The molecule has 6 heteroatoms. The Morgan fingerprint density at radius 3 is 2.52 bits per heavy atom. The molecule has 0 aliphatic rings. The monoisotopic (exact) mass is 293 g/mol. The highest BCUT2D eigenvalue weighted by atomic mass is 16.5. The molecule has 0 atom stereocenters. The Kier molecular flexibility index (Phi) is 7.89. The van der Waals surface area contributed by atoms with E-state index in [1.807, 2.05) is 19.1 Å². The van der Waals surface area contributed by atoms with Gasteiger partial charge in [-0.25, -0.2) is 4.79 Å². The van der Waals surface area contributed by atoms with Crippen molar-refractivity contribution in [3.05, 3.63) is 35.4 Å². The van der Waals surface area contributed by atoms with Crippen LogP contribution in [0.2, 0.25) is 0 Å². The predicted molar refractivity (Wildman–Crippen MR) is 82.5 cm³/mol. The number of ether oxygens (including phenoxy) is 2. The molecule has 0 spiro atoms. The first-order valence-corrected chi connectivity index (χ1v) is 6.90. The number of aliphatic imine (C=N–C) groups is 1. The van der Waals surface area contributed by atoms with Gasteiger partial charge in [-0.05, 0) is 24.6 Å². The number of rotatable bonds is 7. The fourth-order valence-corrected chi connectivity index (χ4v) is 1.67. The van der Waals surface area contributed by atoms with Crippen LogP contribution < -0.4 is 10.6 Å². The van der Waals surface area contributed by atoms with Gasteiger partial charge < -0.3 is 20.1 Å². The van der Waals surface area contributed by atoms with E-state index in [0.717, 1.165) is 5.56 Å². The summed E-state index contributed by atoms with van der Waals surface area (Å²) in [6.07, 6.45) is 0. The number of hydrogen-bond donors (Lipinski definition) is 2. The van der Waals surface area contributed by atoms with Crippen molar-refractivity contribution in [1.29, 1.82) is 0 Å². The largest absolute Gasteiger partial charge is 0.465 e. The molecule has 0 saturated carbocycles. The zero-order chi connectivity index (χ0) is 15.5. The van der Waals surface area contributed by atoms with E-state index in [4.69, 9.17) is 4.74 Å². The number of nitrogens with zero attached hydrogens (tertiary/aromatic N) is 1. The quantitative estimate of drug-likeness (QED) is 0.342. The molecule has 0 amide bonds. The summed E-state index contributed by atoms with van der Waals surface area (Å²) in [5, 5.41) is 6.35. The smallest absolute Gasteiger partial charge is 0.337 e. The van der Waals surface area contributed by atoms with E-state index < -0.39 is 0 Å². The number of nitrogens with one attached hydrogen (secondary N) is 2. The standard InChI is InChI=1S/C15H23N3O3/c1-4-21-10-9-17-15(16-2)18-11-12-5-7-13(8-6-12)14(19)20-3/h5-8H,4,9-11H2,1-3H3,(H2,16,17,18). The Bertz CT molecular complexity index is 458. The van der Waals surface area contributed by atoms with Crippen LogP contribution in [0.25, 0.3) is 0 Å². The molecular weight excluding hydrogens is 270 g/mol. The van der Waals surface area contributed by atoms with Crippen LogP contribution in [0.15, 0.2) is 29.3 Å². The van der Waals surface area contributed by atoms with E-state index in [-0.39, 0.29) is 5.97 Å². The number of carbonyl (C=O) groups is 1. The molecule has 116 valence electrons. The summed E-state index contributed by atoms with van der Waals surface area (Å²) >= 11 is 0. The lowest BCUT2D eigenvalue weighted by Crippen LogP contribution is -2.38. The van der Waals surface area contributed by atoms with Crippen molar-refractivity contribution in [2.75, 3.05) is 33.9 Å². The van der Waals surface area contributed by atoms with Crippen molar-refractivity contribution < 1.29 is 14.3 Å². The third kappa shape index (κ3) is 6.27. The minimum Gasteiger partial charge on any atom is -0.465 e. The molecule has 1 rings (SSSR count). The SMILES string of the molecule is CCOCCNC(=NC)NCc1ccc(C(=O)OC)cc1. The van der Waals surface area contributed by atoms with E-state index in [1.165, 1.54) is 7.11 Å². The number of guanidine groups is 1. The second-order valence-electron chi connectivity index (χ2n) is 4.24. The van der Waals surface area contributed by atoms with Crippen molar-refractivity contribution in [2.24, 2.45) is 4.99 Å². The average molecular weight is 293 g/mol. The maximum atomic E-state index is 11.3. The fourth-order valence-electron chi connectivity index (χ4n) is 1.67. The maximum absolute atomic E-state index is 11.3. The summed E-state index contributed by atoms with van der Waals surface area (Å²) in [6.45, 7) is 4.64. The molecule has 0 radical (unpaired) electrons. The average Bonchev–Trinajstić information content (AvgIpc) is 2.54. The first-order chi connectivity index (χ1) is 10.2. The molecule has 0 bridgehead atoms. The Labute approximate surface area is 125 Å². The zero-order valence-electron chi connectivity index (χ0n) is 12.8.